The molecular formula is C14H19FO5S2. The molecule has 0 N–H and O–H groups in total. The molecule has 0 radical (unpaired) electrons. The number of halogens is 1. The molecule has 124 valence electrons. The van der Waals surface area contributed by atoms with Crippen molar-refractivity contribution >= 4 is 29.1 Å². The number of carbonyl (C=O) groups excluding carboxylic acids is 1. The number of rotatable bonds is 3. The van der Waals surface area contributed by atoms with Crippen LogP contribution >= 0.6 is 12.6 Å². The zero-order chi connectivity index (χ0) is 17.5. The molecular weight excluding hydrogens is 331 g/mol. The average Bonchev–Trinajstić information content (AvgIpc) is 2.29. The van der Waals surface area contributed by atoms with E-state index in [2.05, 4.69) is 16.8 Å². The maximum atomic E-state index is 12.9. The van der Waals surface area contributed by atoms with Crippen LogP contribution in [-0.2, 0) is 15.2 Å². The van der Waals surface area contributed by atoms with Crippen molar-refractivity contribution in [2.75, 3.05) is 0 Å². The molecule has 0 atom stereocenters. The number of carbonyl (C=O) groups is 1. The van der Waals surface area contributed by atoms with Gasteiger partial charge in [0.2, 0.25) is 0 Å². The Kier molecular flexibility index (Phi) is 5.18. The van der Waals surface area contributed by atoms with Gasteiger partial charge in [0.05, 0.1) is 5.56 Å². The van der Waals surface area contributed by atoms with Crippen molar-refractivity contribution in [2.24, 2.45) is 0 Å². The van der Waals surface area contributed by atoms with E-state index in [-0.39, 0.29) is 16.9 Å². The lowest BCUT2D eigenvalue weighted by Crippen LogP contribution is -2.25. The number of hydrogen-bond donors (Lipinski definition) is 1. The summed E-state index contributed by atoms with van der Waals surface area (Å²) in [6.07, 6.45) is 0. The van der Waals surface area contributed by atoms with Gasteiger partial charge >= 0.3 is 16.5 Å². The van der Waals surface area contributed by atoms with E-state index in [1.54, 1.807) is 27.7 Å². The largest absolute Gasteiger partial charge is 0.488 e. The number of esters is 1. The van der Waals surface area contributed by atoms with Crippen LogP contribution in [0, 0.1) is 20.8 Å². The molecule has 0 aliphatic rings. The normalized spacial score (nSPS) is 12.2. The summed E-state index contributed by atoms with van der Waals surface area (Å²) >= 11 is 4.25. The second kappa shape index (κ2) is 6.08. The van der Waals surface area contributed by atoms with Gasteiger partial charge in [-0.3, -0.25) is 0 Å². The zero-order valence-electron chi connectivity index (χ0n) is 13.3. The Balaban J connectivity index is 3.56. The van der Waals surface area contributed by atoms with Gasteiger partial charge in [-0.15, -0.1) is 12.6 Å². The van der Waals surface area contributed by atoms with Crippen molar-refractivity contribution in [1.29, 1.82) is 0 Å². The number of benzene rings is 1. The molecule has 8 heteroatoms. The van der Waals surface area contributed by atoms with Gasteiger partial charge < -0.3 is 8.92 Å². The van der Waals surface area contributed by atoms with E-state index in [4.69, 9.17) is 4.74 Å². The third kappa shape index (κ3) is 4.36. The average molecular weight is 350 g/mol. The fourth-order valence-electron chi connectivity index (χ4n) is 2.04. The van der Waals surface area contributed by atoms with E-state index in [1.807, 2.05) is 0 Å². The van der Waals surface area contributed by atoms with Gasteiger partial charge in [-0.2, -0.15) is 8.42 Å². The van der Waals surface area contributed by atoms with Crippen molar-refractivity contribution < 1.29 is 26.0 Å². The highest BCUT2D eigenvalue weighted by atomic mass is 32.3. The second-order valence-electron chi connectivity index (χ2n) is 5.91. The smallest absolute Gasteiger partial charge is 0.456 e. The molecule has 0 spiro atoms. The number of ether oxygens (including phenoxy) is 1. The lowest BCUT2D eigenvalue weighted by Gasteiger charge is -2.23. The van der Waals surface area contributed by atoms with Crippen LogP contribution in [0.25, 0.3) is 0 Å². The number of thiol groups is 1. The summed E-state index contributed by atoms with van der Waals surface area (Å²) in [5, 5.41) is 0. The summed E-state index contributed by atoms with van der Waals surface area (Å²) in [5.41, 5.74) is 0.403. The Labute approximate surface area is 135 Å². The SMILES string of the molecule is Cc1c(S)c(C)c(C(=O)OC(C)(C)C)c(C)c1OS(=O)(=O)F. The van der Waals surface area contributed by atoms with E-state index >= 15 is 0 Å². The molecule has 0 saturated carbocycles. The van der Waals surface area contributed by atoms with Crippen molar-refractivity contribution in [2.45, 2.75) is 52.0 Å². The topological polar surface area (TPSA) is 69.7 Å². The van der Waals surface area contributed by atoms with Crippen molar-refractivity contribution in [3.8, 4) is 5.75 Å². The predicted octanol–water partition coefficient (Wildman–Crippen LogP) is 3.45. The van der Waals surface area contributed by atoms with Crippen molar-refractivity contribution in [3.63, 3.8) is 0 Å². The fourth-order valence-corrected chi connectivity index (χ4v) is 2.71. The van der Waals surface area contributed by atoms with E-state index in [0.717, 1.165) is 0 Å². The molecule has 0 fully saturated rings. The van der Waals surface area contributed by atoms with Gasteiger partial charge in [0.25, 0.3) is 0 Å². The fraction of sp³-hybridized carbons (Fsp3) is 0.500. The summed E-state index contributed by atoms with van der Waals surface area (Å²) in [7, 11) is -5.22. The van der Waals surface area contributed by atoms with E-state index in [9.17, 15) is 17.1 Å². The predicted molar refractivity (Wildman–Crippen MR) is 83.7 cm³/mol. The van der Waals surface area contributed by atoms with Gasteiger partial charge in [0.1, 0.15) is 5.60 Å². The first kappa shape index (κ1) is 18.8. The lowest BCUT2D eigenvalue weighted by molar-refractivity contribution is 0.00672. The van der Waals surface area contributed by atoms with Crippen LogP contribution in [0.2, 0.25) is 0 Å². The summed E-state index contributed by atoms with van der Waals surface area (Å²) in [4.78, 5) is 12.7. The first-order valence-corrected chi connectivity index (χ1v) is 8.20. The molecule has 5 nitrogen and oxygen atoms in total. The first-order chi connectivity index (χ1) is 9.74. The molecule has 0 amide bonds. The maximum absolute atomic E-state index is 12.9. The van der Waals surface area contributed by atoms with Crippen LogP contribution < -0.4 is 4.18 Å². The minimum absolute atomic E-state index is 0.115. The van der Waals surface area contributed by atoms with Crippen molar-refractivity contribution in [3.05, 3.63) is 22.3 Å². The van der Waals surface area contributed by atoms with E-state index in [1.165, 1.54) is 13.8 Å². The summed E-state index contributed by atoms with van der Waals surface area (Å²) in [6, 6.07) is 0. The van der Waals surface area contributed by atoms with Crippen LogP contribution in [0.1, 0.15) is 47.8 Å². The standard InChI is InChI=1S/C14H19FO5S2/c1-7-10(13(16)19-14(4,5)6)8(2)12(21)9(3)11(7)20-22(15,17)18/h21H,1-6H3. The highest BCUT2D eigenvalue weighted by Crippen LogP contribution is 2.36. The molecule has 0 unspecified atom stereocenters. The van der Waals surface area contributed by atoms with Crippen LogP contribution in [0.4, 0.5) is 3.89 Å². The Morgan fingerprint density at radius 2 is 1.59 bits per heavy atom. The molecule has 22 heavy (non-hydrogen) atoms. The van der Waals surface area contributed by atoms with Crippen LogP contribution in [0.3, 0.4) is 0 Å². The van der Waals surface area contributed by atoms with Crippen LogP contribution in [0.15, 0.2) is 4.90 Å². The van der Waals surface area contributed by atoms with Gasteiger partial charge in [0.15, 0.2) is 5.75 Å². The van der Waals surface area contributed by atoms with Gasteiger partial charge in [-0.1, -0.05) is 3.89 Å². The second-order valence-corrected chi connectivity index (χ2v) is 7.31. The zero-order valence-corrected chi connectivity index (χ0v) is 15.0. The maximum Gasteiger partial charge on any atom is 0.488 e. The third-order valence-electron chi connectivity index (χ3n) is 2.93. The molecule has 0 aliphatic heterocycles. The highest BCUT2D eigenvalue weighted by Gasteiger charge is 2.27. The Bertz CT molecular complexity index is 718. The molecule has 1 aromatic rings. The molecule has 1 rings (SSSR count). The Morgan fingerprint density at radius 1 is 1.09 bits per heavy atom. The number of hydrogen-bond acceptors (Lipinski definition) is 6. The van der Waals surface area contributed by atoms with E-state index < -0.39 is 22.1 Å². The molecule has 0 aliphatic carbocycles. The van der Waals surface area contributed by atoms with Crippen LogP contribution in [0.5, 0.6) is 5.75 Å². The monoisotopic (exact) mass is 350 g/mol. The Hall–Kier alpha value is -1.28. The van der Waals surface area contributed by atoms with Crippen LogP contribution in [-0.4, -0.2) is 20.0 Å². The minimum Gasteiger partial charge on any atom is -0.456 e. The summed E-state index contributed by atoms with van der Waals surface area (Å²) < 4.78 is 44.1. The molecule has 0 heterocycles. The molecule has 0 aromatic heterocycles. The minimum atomic E-state index is -5.22. The van der Waals surface area contributed by atoms with Gasteiger partial charge in [-0.05, 0) is 47.1 Å². The summed E-state index contributed by atoms with van der Waals surface area (Å²) in [5.74, 6) is -0.905. The Morgan fingerprint density at radius 3 is 2.00 bits per heavy atom. The van der Waals surface area contributed by atoms with E-state index in [0.29, 0.717) is 16.0 Å². The van der Waals surface area contributed by atoms with Gasteiger partial charge in [-0.25, -0.2) is 4.79 Å². The highest BCUT2D eigenvalue weighted by molar-refractivity contribution is 7.81. The summed E-state index contributed by atoms with van der Waals surface area (Å²) in [6.45, 7) is 9.75. The van der Waals surface area contributed by atoms with Gasteiger partial charge in [0, 0.05) is 16.0 Å². The molecule has 0 bridgehead atoms. The molecule has 1 aromatic carbocycles. The van der Waals surface area contributed by atoms with Crippen molar-refractivity contribution in [1.82, 2.24) is 0 Å². The lowest BCUT2D eigenvalue weighted by atomic mass is 9.98. The third-order valence-corrected chi connectivity index (χ3v) is 3.96. The molecule has 0 saturated heterocycles. The quantitative estimate of drug-likeness (QED) is 0.514. The first-order valence-electron chi connectivity index (χ1n) is 6.44.